The maximum absolute atomic E-state index is 14.1. The number of hydrogen-bond acceptors (Lipinski definition) is 4. The number of ether oxygens (including phenoxy) is 1. The van der Waals surface area contributed by atoms with Crippen molar-refractivity contribution >= 4 is 22.9 Å². The highest BCUT2D eigenvalue weighted by Crippen LogP contribution is 2.60. The molecule has 3 aromatic carbocycles. The summed E-state index contributed by atoms with van der Waals surface area (Å²) >= 11 is 0. The minimum atomic E-state index is -1.51. The Morgan fingerprint density at radius 3 is 1.88 bits per heavy atom. The first-order chi connectivity index (χ1) is 15.6. The maximum atomic E-state index is 14.1. The van der Waals surface area contributed by atoms with Crippen molar-refractivity contribution in [2.75, 3.05) is 7.11 Å². The van der Waals surface area contributed by atoms with Crippen LogP contribution < -0.4 is 4.74 Å². The summed E-state index contributed by atoms with van der Waals surface area (Å²) in [4.78, 5) is 41.5. The number of Topliss-reactive ketones (excluding diaryl/α,β-unsaturated/α-hetero) is 3. The van der Waals surface area contributed by atoms with Gasteiger partial charge < -0.3 is 4.74 Å². The van der Waals surface area contributed by atoms with Crippen molar-refractivity contribution in [2.24, 2.45) is 5.41 Å². The Morgan fingerprint density at radius 1 is 0.719 bits per heavy atom. The first-order valence-electron chi connectivity index (χ1n) is 10.5. The van der Waals surface area contributed by atoms with Crippen molar-refractivity contribution < 1.29 is 19.1 Å². The Balaban J connectivity index is 1.67. The maximum Gasteiger partial charge on any atom is 0.193 e. The fourth-order valence-corrected chi connectivity index (χ4v) is 5.47. The van der Waals surface area contributed by atoms with E-state index in [4.69, 9.17) is 4.74 Å². The molecule has 0 amide bonds. The minimum Gasteiger partial charge on any atom is -0.497 e. The molecule has 0 unspecified atom stereocenters. The second-order valence-electron chi connectivity index (χ2n) is 8.29. The van der Waals surface area contributed by atoms with Crippen molar-refractivity contribution in [1.29, 1.82) is 0 Å². The Hall–Kier alpha value is -4.05. The van der Waals surface area contributed by atoms with Crippen LogP contribution in [0.2, 0.25) is 0 Å². The van der Waals surface area contributed by atoms with Crippen LogP contribution in [-0.2, 0) is 0 Å². The van der Waals surface area contributed by atoms with Crippen LogP contribution in [0.4, 0.5) is 0 Å². The van der Waals surface area contributed by atoms with Gasteiger partial charge in [0, 0.05) is 28.2 Å². The number of allylic oxidation sites excluding steroid dienone is 4. The SMILES string of the molecule is COc1ccc([C@@H]2C=CC3=C(c4ccccc4C3=O)C23C(=O)c2ccccc2C3=O)cc1. The molecule has 3 aliphatic rings. The van der Waals surface area contributed by atoms with Gasteiger partial charge >= 0.3 is 0 Å². The van der Waals surface area contributed by atoms with Gasteiger partial charge in [-0.25, -0.2) is 0 Å². The predicted octanol–water partition coefficient (Wildman–Crippen LogP) is 5.06. The van der Waals surface area contributed by atoms with E-state index in [1.165, 1.54) is 0 Å². The van der Waals surface area contributed by atoms with Gasteiger partial charge in [0.1, 0.15) is 11.2 Å². The highest BCUT2D eigenvalue weighted by molar-refractivity contribution is 6.40. The first kappa shape index (κ1) is 18.7. The average molecular weight is 418 g/mol. The van der Waals surface area contributed by atoms with E-state index in [2.05, 4.69) is 0 Å². The van der Waals surface area contributed by atoms with Crippen molar-refractivity contribution in [3.05, 3.63) is 118 Å². The van der Waals surface area contributed by atoms with Crippen LogP contribution in [-0.4, -0.2) is 24.5 Å². The zero-order valence-corrected chi connectivity index (χ0v) is 17.3. The molecule has 6 rings (SSSR count). The molecule has 3 aliphatic carbocycles. The number of ketones is 3. The Bertz CT molecular complexity index is 1370. The van der Waals surface area contributed by atoms with Crippen LogP contribution in [0.3, 0.4) is 0 Å². The zero-order valence-electron chi connectivity index (χ0n) is 17.3. The summed E-state index contributed by atoms with van der Waals surface area (Å²) in [6.45, 7) is 0. The fourth-order valence-electron chi connectivity index (χ4n) is 5.47. The third-order valence-corrected chi connectivity index (χ3v) is 6.88. The van der Waals surface area contributed by atoms with E-state index in [0.717, 1.165) is 5.56 Å². The summed E-state index contributed by atoms with van der Waals surface area (Å²) in [5.74, 6) is -0.494. The van der Waals surface area contributed by atoms with Crippen LogP contribution in [0.25, 0.3) is 5.57 Å². The van der Waals surface area contributed by atoms with Crippen LogP contribution in [0, 0.1) is 5.41 Å². The topological polar surface area (TPSA) is 60.4 Å². The van der Waals surface area contributed by atoms with Gasteiger partial charge in [-0.2, -0.15) is 0 Å². The molecule has 1 spiro atoms. The summed E-state index contributed by atoms with van der Waals surface area (Å²) in [6.07, 6.45) is 3.62. The highest BCUT2D eigenvalue weighted by Gasteiger charge is 2.63. The van der Waals surface area contributed by atoms with Crippen LogP contribution in [0.1, 0.15) is 48.1 Å². The Labute approximate surface area is 184 Å². The second kappa shape index (κ2) is 6.47. The monoisotopic (exact) mass is 418 g/mol. The van der Waals surface area contributed by atoms with Crippen molar-refractivity contribution in [3.8, 4) is 5.75 Å². The summed E-state index contributed by atoms with van der Waals surface area (Å²) in [6, 6.07) is 21.6. The number of methoxy groups -OCH3 is 1. The number of hydrogen-bond donors (Lipinski definition) is 0. The van der Waals surface area contributed by atoms with E-state index in [-0.39, 0.29) is 17.3 Å². The van der Waals surface area contributed by atoms with E-state index in [0.29, 0.717) is 39.1 Å². The minimum absolute atomic E-state index is 0.143. The van der Waals surface area contributed by atoms with Crippen LogP contribution in [0.15, 0.2) is 90.5 Å². The van der Waals surface area contributed by atoms with Gasteiger partial charge in [-0.15, -0.1) is 0 Å². The van der Waals surface area contributed by atoms with Gasteiger partial charge in [0.25, 0.3) is 0 Å². The molecule has 0 aliphatic heterocycles. The Kier molecular flexibility index (Phi) is 3.78. The van der Waals surface area contributed by atoms with Crippen molar-refractivity contribution in [2.45, 2.75) is 5.92 Å². The normalized spacial score (nSPS) is 19.9. The van der Waals surface area contributed by atoms with E-state index in [9.17, 15) is 14.4 Å². The first-order valence-corrected chi connectivity index (χ1v) is 10.5. The molecule has 4 nitrogen and oxygen atoms in total. The quantitative estimate of drug-likeness (QED) is 0.546. The number of carbonyl (C=O) groups is 3. The molecule has 0 aromatic heterocycles. The largest absolute Gasteiger partial charge is 0.497 e. The summed E-state index contributed by atoms with van der Waals surface area (Å²) in [5.41, 5.74) is 2.31. The molecular weight excluding hydrogens is 400 g/mol. The third-order valence-electron chi connectivity index (χ3n) is 6.88. The molecule has 1 atom stereocenters. The van der Waals surface area contributed by atoms with Crippen molar-refractivity contribution in [3.63, 3.8) is 0 Å². The Morgan fingerprint density at radius 2 is 1.28 bits per heavy atom. The number of fused-ring (bicyclic) bond motifs is 4. The number of carbonyl (C=O) groups excluding carboxylic acids is 3. The number of rotatable bonds is 2. The lowest BCUT2D eigenvalue weighted by atomic mass is 9.60. The van der Waals surface area contributed by atoms with Gasteiger partial charge in [0.15, 0.2) is 17.3 Å². The smallest absolute Gasteiger partial charge is 0.193 e. The molecule has 0 bridgehead atoms. The molecular formula is C28H18O4. The molecule has 0 radical (unpaired) electrons. The van der Waals surface area contributed by atoms with E-state index >= 15 is 0 Å². The molecule has 0 N–H and O–H groups in total. The lowest BCUT2D eigenvalue weighted by Crippen LogP contribution is -2.42. The third kappa shape index (κ3) is 2.14. The van der Waals surface area contributed by atoms with E-state index in [1.807, 2.05) is 42.5 Å². The summed E-state index contributed by atoms with van der Waals surface area (Å²) < 4.78 is 5.29. The molecule has 4 heteroatoms. The molecule has 32 heavy (non-hydrogen) atoms. The lowest BCUT2D eigenvalue weighted by Gasteiger charge is -2.38. The van der Waals surface area contributed by atoms with Gasteiger partial charge in [-0.1, -0.05) is 72.8 Å². The van der Waals surface area contributed by atoms with Gasteiger partial charge in [-0.3, -0.25) is 14.4 Å². The number of benzene rings is 3. The molecule has 0 saturated carbocycles. The summed E-state index contributed by atoms with van der Waals surface area (Å²) in [7, 11) is 1.59. The lowest BCUT2D eigenvalue weighted by molar-refractivity contribution is 0.0753. The second-order valence-corrected chi connectivity index (χ2v) is 8.29. The van der Waals surface area contributed by atoms with Crippen LogP contribution in [0.5, 0.6) is 5.75 Å². The average Bonchev–Trinajstić information content (AvgIpc) is 3.25. The molecule has 0 fully saturated rings. The molecule has 3 aromatic rings. The predicted molar refractivity (Wildman–Crippen MR) is 120 cm³/mol. The van der Waals surface area contributed by atoms with E-state index < -0.39 is 11.3 Å². The molecule has 154 valence electrons. The zero-order chi connectivity index (χ0) is 22.0. The fraction of sp³-hybridized carbons (Fsp3) is 0.107. The molecule has 0 heterocycles. The van der Waals surface area contributed by atoms with Crippen molar-refractivity contribution in [1.82, 2.24) is 0 Å². The van der Waals surface area contributed by atoms with Gasteiger partial charge in [0.2, 0.25) is 0 Å². The standard InChI is InChI=1S/C28H18O4/c1-32-17-12-10-16(11-13-17)23-15-14-22-24(18-6-2-3-7-19(18)25(22)29)28(23)26(30)20-8-4-5-9-21(20)27(28)31/h2-15,23H,1H3/t23-/m0/s1. The van der Waals surface area contributed by atoms with Crippen LogP contribution >= 0.6 is 0 Å². The van der Waals surface area contributed by atoms with Gasteiger partial charge in [-0.05, 0) is 28.8 Å². The van der Waals surface area contributed by atoms with E-state index in [1.54, 1.807) is 49.6 Å². The molecule has 0 saturated heterocycles. The highest BCUT2D eigenvalue weighted by atomic mass is 16.5. The van der Waals surface area contributed by atoms with Gasteiger partial charge in [0.05, 0.1) is 7.11 Å². The summed E-state index contributed by atoms with van der Waals surface area (Å²) in [5, 5.41) is 0.